The molecule has 4 nitrogen and oxygen atoms in total. The maximum absolute atomic E-state index is 12.2. The number of nitrogens with one attached hydrogen (secondary N) is 2. The Hall–Kier alpha value is -0.610. The van der Waals surface area contributed by atoms with E-state index in [-0.39, 0.29) is 23.3 Å². The molecule has 1 aliphatic carbocycles. The number of methoxy groups -OCH3 is 1. The first-order chi connectivity index (χ1) is 8.89. The molecule has 4 heteroatoms. The zero-order chi connectivity index (χ0) is 14.1. The van der Waals surface area contributed by atoms with Gasteiger partial charge < -0.3 is 15.4 Å². The van der Waals surface area contributed by atoms with Crippen LogP contribution >= 0.6 is 0 Å². The minimum Gasteiger partial charge on any atom is -0.379 e. The molecule has 1 amide bonds. The van der Waals surface area contributed by atoms with E-state index in [0.717, 1.165) is 32.4 Å². The Bertz CT molecular complexity index is 330. The minimum atomic E-state index is 0.0536. The van der Waals surface area contributed by atoms with Crippen LogP contribution in [-0.2, 0) is 9.53 Å². The summed E-state index contributed by atoms with van der Waals surface area (Å²) in [6.45, 7) is 9.15. The summed E-state index contributed by atoms with van der Waals surface area (Å²) in [7, 11) is 1.72. The van der Waals surface area contributed by atoms with Crippen molar-refractivity contribution in [3.8, 4) is 0 Å². The Labute approximate surface area is 116 Å². The molecule has 110 valence electrons. The van der Waals surface area contributed by atoms with Gasteiger partial charge in [0.15, 0.2) is 0 Å². The fourth-order valence-electron chi connectivity index (χ4n) is 3.26. The molecule has 1 aliphatic heterocycles. The number of ether oxygens (including phenoxy) is 1. The Morgan fingerprint density at radius 3 is 2.58 bits per heavy atom. The summed E-state index contributed by atoms with van der Waals surface area (Å²) in [5.74, 6) is 0.472. The van der Waals surface area contributed by atoms with Crippen LogP contribution in [0, 0.1) is 16.7 Å². The molecule has 1 saturated heterocycles. The highest BCUT2D eigenvalue weighted by atomic mass is 16.5. The Morgan fingerprint density at radius 2 is 2.05 bits per heavy atom. The Balaban J connectivity index is 1.79. The van der Waals surface area contributed by atoms with Crippen LogP contribution in [0.5, 0.6) is 0 Å². The molecule has 2 atom stereocenters. The Morgan fingerprint density at radius 1 is 1.42 bits per heavy atom. The molecule has 2 aliphatic rings. The predicted octanol–water partition coefficient (Wildman–Crippen LogP) is 1.55. The molecule has 1 spiro atoms. The van der Waals surface area contributed by atoms with E-state index in [1.807, 2.05) is 0 Å². The molecule has 2 rings (SSSR count). The lowest BCUT2D eigenvalue weighted by molar-refractivity contribution is -0.124. The standard InChI is InChI=1S/C15H28N2O2/c1-14(2,3)12(19-4)10-17-13(18)11-9-15(11)5-7-16-8-6-15/h11-12,16H,5-10H2,1-4H3,(H,17,18). The monoisotopic (exact) mass is 268 g/mol. The van der Waals surface area contributed by atoms with E-state index in [9.17, 15) is 4.79 Å². The third kappa shape index (κ3) is 3.29. The highest BCUT2D eigenvalue weighted by Gasteiger charge is 2.57. The van der Waals surface area contributed by atoms with E-state index in [2.05, 4.69) is 31.4 Å². The molecular weight excluding hydrogens is 240 g/mol. The maximum atomic E-state index is 12.2. The molecule has 0 aromatic rings. The minimum absolute atomic E-state index is 0.0536. The van der Waals surface area contributed by atoms with E-state index >= 15 is 0 Å². The summed E-state index contributed by atoms with van der Waals surface area (Å²) in [5, 5.41) is 6.46. The molecule has 0 aromatic carbocycles. The van der Waals surface area contributed by atoms with E-state index in [4.69, 9.17) is 4.74 Å². The second-order valence-corrected chi connectivity index (χ2v) is 7.20. The van der Waals surface area contributed by atoms with Crippen LogP contribution in [0.15, 0.2) is 0 Å². The summed E-state index contributed by atoms with van der Waals surface area (Å²) in [6, 6.07) is 0. The first-order valence-electron chi connectivity index (χ1n) is 7.40. The quantitative estimate of drug-likeness (QED) is 0.813. The van der Waals surface area contributed by atoms with Crippen molar-refractivity contribution in [3.63, 3.8) is 0 Å². The third-order valence-electron chi connectivity index (χ3n) is 4.82. The van der Waals surface area contributed by atoms with Gasteiger partial charge in [-0.15, -0.1) is 0 Å². The molecule has 0 bridgehead atoms. The summed E-state index contributed by atoms with van der Waals surface area (Å²) >= 11 is 0. The van der Waals surface area contributed by atoms with Crippen LogP contribution in [0.4, 0.5) is 0 Å². The van der Waals surface area contributed by atoms with Gasteiger partial charge in [-0.05, 0) is 43.2 Å². The van der Waals surface area contributed by atoms with Crippen molar-refractivity contribution in [1.82, 2.24) is 10.6 Å². The first kappa shape index (κ1) is 14.8. The van der Waals surface area contributed by atoms with Gasteiger partial charge in [0.1, 0.15) is 0 Å². The van der Waals surface area contributed by atoms with Gasteiger partial charge in [0.05, 0.1) is 6.10 Å². The van der Waals surface area contributed by atoms with E-state index in [0.29, 0.717) is 12.0 Å². The number of rotatable bonds is 4. The Kier molecular flexibility index (Phi) is 4.21. The normalized spacial score (nSPS) is 27.1. The van der Waals surface area contributed by atoms with Gasteiger partial charge in [-0.3, -0.25) is 4.79 Å². The molecule has 0 aromatic heterocycles. The highest BCUT2D eigenvalue weighted by molar-refractivity contribution is 5.82. The second kappa shape index (κ2) is 5.41. The number of hydrogen-bond donors (Lipinski definition) is 2. The van der Waals surface area contributed by atoms with Crippen molar-refractivity contribution in [2.45, 2.75) is 46.1 Å². The number of carbonyl (C=O) groups is 1. The molecule has 2 N–H and O–H groups in total. The van der Waals surface area contributed by atoms with Crippen LogP contribution in [-0.4, -0.2) is 38.8 Å². The van der Waals surface area contributed by atoms with Crippen LogP contribution in [0.2, 0.25) is 0 Å². The molecular formula is C15H28N2O2. The number of amides is 1. The fraction of sp³-hybridized carbons (Fsp3) is 0.933. The summed E-state index contributed by atoms with van der Waals surface area (Å²) in [5.41, 5.74) is 0.373. The van der Waals surface area contributed by atoms with E-state index in [1.165, 1.54) is 0 Å². The van der Waals surface area contributed by atoms with Gasteiger partial charge in [-0.2, -0.15) is 0 Å². The van der Waals surface area contributed by atoms with Crippen molar-refractivity contribution >= 4 is 5.91 Å². The largest absolute Gasteiger partial charge is 0.379 e. The van der Waals surface area contributed by atoms with Crippen molar-refractivity contribution < 1.29 is 9.53 Å². The zero-order valence-electron chi connectivity index (χ0n) is 12.7. The topological polar surface area (TPSA) is 50.4 Å². The van der Waals surface area contributed by atoms with Gasteiger partial charge in [0.25, 0.3) is 0 Å². The molecule has 1 heterocycles. The van der Waals surface area contributed by atoms with Crippen molar-refractivity contribution in [2.24, 2.45) is 16.7 Å². The van der Waals surface area contributed by atoms with E-state index < -0.39 is 0 Å². The van der Waals surface area contributed by atoms with E-state index in [1.54, 1.807) is 7.11 Å². The zero-order valence-corrected chi connectivity index (χ0v) is 12.7. The molecule has 0 radical (unpaired) electrons. The van der Waals surface area contributed by atoms with Crippen LogP contribution in [0.25, 0.3) is 0 Å². The van der Waals surface area contributed by atoms with Crippen LogP contribution in [0.1, 0.15) is 40.0 Å². The SMILES string of the molecule is COC(CNC(=O)C1CC12CCNCC2)C(C)(C)C. The lowest BCUT2D eigenvalue weighted by Crippen LogP contribution is -2.42. The summed E-state index contributed by atoms with van der Waals surface area (Å²) in [6.07, 6.45) is 3.45. The van der Waals surface area contributed by atoms with Gasteiger partial charge in [-0.25, -0.2) is 0 Å². The predicted molar refractivity (Wildman–Crippen MR) is 75.9 cm³/mol. The maximum Gasteiger partial charge on any atom is 0.223 e. The van der Waals surface area contributed by atoms with Gasteiger partial charge in [0, 0.05) is 19.6 Å². The van der Waals surface area contributed by atoms with Crippen molar-refractivity contribution in [2.75, 3.05) is 26.7 Å². The number of piperidine rings is 1. The highest BCUT2D eigenvalue weighted by Crippen LogP contribution is 2.58. The molecule has 19 heavy (non-hydrogen) atoms. The van der Waals surface area contributed by atoms with Gasteiger partial charge >= 0.3 is 0 Å². The van der Waals surface area contributed by atoms with Crippen molar-refractivity contribution in [3.05, 3.63) is 0 Å². The van der Waals surface area contributed by atoms with Gasteiger partial charge in [-0.1, -0.05) is 20.8 Å². The lowest BCUT2D eigenvalue weighted by atomic mass is 9.88. The molecule has 1 saturated carbocycles. The molecule has 2 fully saturated rings. The summed E-state index contributed by atoms with van der Waals surface area (Å²) in [4.78, 5) is 12.2. The first-order valence-corrected chi connectivity index (χ1v) is 7.40. The third-order valence-corrected chi connectivity index (χ3v) is 4.82. The van der Waals surface area contributed by atoms with Gasteiger partial charge in [0.2, 0.25) is 5.91 Å². The summed E-state index contributed by atoms with van der Waals surface area (Å²) < 4.78 is 5.48. The number of hydrogen-bond acceptors (Lipinski definition) is 3. The average molecular weight is 268 g/mol. The molecule has 2 unspecified atom stereocenters. The second-order valence-electron chi connectivity index (χ2n) is 7.20. The number of carbonyl (C=O) groups excluding carboxylic acids is 1. The average Bonchev–Trinajstić information content (AvgIpc) is 3.02. The van der Waals surface area contributed by atoms with Crippen molar-refractivity contribution in [1.29, 1.82) is 0 Å². The smallest absolute Gasteiger partial charge is 0.223 e. The van der Waals surface area contributed by atoms with Crippen LogP contribution < -0.4 is 10.6 Å². The van der Waals surface area contributed by atoms with Crippen LogP contribution in [0.3, 0.4) is 0 Å². The fourth-order valence-corrected chi connectivity index (χ4v) is 3.26. The lowest BCUT2D eigenvalue weighted by Gasteiger charge is -2.29.